The van der Waals surface area contributed by atoms with Gasteiger partial charge in [0.25, 0.3) is 0 Å². The van der Waals surface area contributed by atoms with E-state index in [4.69, 9.17) is 5.11 Å². The number of carbonyl (C=O) groups excluding carboxylic acids is 1. The summed E-state index contributed by atoms with van der Waals surface area (Å²) in [4.78, 5) is 10.8. The summed E-state index contributed by atoms with van der Waals surface area (Å²) in [5, 5.41) is 9.10. The van der Waals surface area contributed by atoms with E-state index in [0.29, 0.717) is 6.42 Å². The third kappa shape index (κ3) is 1.19. The van der Waals surface area contributed by atoms with Gasteiger partial charge in [-0.15, -0.1) is 0 Å². The van der Waals surface area contributed by atoms with Gasteiger partial charge in [0.05, 0.1) is 19.1 Å². The van der Waals surface area contributed by atoms with Crippen LogP contribution in [0.4, 0.5) is 0 Å². The van der Waals surface area contributed by atoms with Crippen molar-refractivity contribution in [2.45, 2.75) is 12.5 Å². The third-order valence-corrected chi connectivity index (χ3v) is 1.64. The average Bonchev–Trinajstić information content (AvgIpc) is 2.34. The van der Waals surface area contributed by atoms with Crippen LogP contribution >= 0.6 is 0 Å². The zero-order chi connectivity index (χ0) is 7.56. The number of allylic oxidation sites excluding steroid dienone is 1. The van der Waals surface area contributed by atoms with Crippen LogP contribution in [0.15, 0.2) is 12.2 Å². The normalized spacial score (nSPS) is 30.6. The molecule has 1 rings (SSSR count). The number of hydrogen-bond donors (Lipinski definition) is 1. The zero-order valence-electron chi connectivity index (χ0n) is 5.78. The van der Waals surface area contributed by atoms with Gasteiger partial charge in [-0.1, -0.05) is 12.2 Å². The number of rotatable bonds is 1. The maximum Gasteiger partial charge on any atom is 0.311 e. The molecule has 2 atom stereocenters. The second-order valence-electron chi connectivity index (χ2n) is 2.28. The van der Waals surface area contributed by atoms with Gasteiger partial charge in [0.2, 0.25) is 0 Å². The predicted molar refractivity (Wildman–Crippen MR) is 35.3 cm³/mol. The quantitative estimate of drug-likeness (QED) is 0.417. The first-order valence-corrected chi connectivity index (χ1v) is 3.18. The second-order valence-corrected chi connectivity index (χ2v) is 2.28. The van der Waals surface area contributed by atoms with E-state index in [2.05, 4.69) is 4.74 Å². The molecule has 0 fully saturated rings. The van der Waals surface area contributed by atoms with Crippen molar-refractivity contribution < 1.29 is 14.6 Å². The van der Waals surface area contributed by atoms with E-state index in [1.165, 1.54) is 7.11 Å². The molecule has 0 aromatic rings. The summed E-state index contributed by atoms with van der Waals surface area (Å²) in [5.41, 5.74) is 0. The summed E-state index contributed by atoms with van der Waals surface area (Å²) < 4.78 is 4.47. The molecule has 0 saturated heterocycles. The fourth-order valence-electron chi connectivity index (χ4n) is 1.03. The Morgan fingerprint density at radius 3 is 2.90 bits per heavy atom. The minimum atomic E-state index is -0.646. The fraction of sp³-hybridized carbons (Fsp3) is 0.571. The molecule has 0 unspecified atom stereocenters. The van der Waals surface area contributed by atoms with E-state index < -0.39 is 6.10 Å². The van der Waals surface area contributed by atoms with E-state index in [-0.39, 0.29) is 11.9 Å². The Hall–Kier alpha value is -0.830. The first-order chi connectivity index (χ1) is 4.75. The Kier molecular flexibility index (Phi) is 2.06. The molecule has 0 aliphatic heterocycles. The number of methoxy groups -OCH3 is 1. The minimum absolute atomic E-state index is 0.336. The topological polar surface area (TPSA) is 46.5 Å². The van der Waals surface area contributed by atoms with Crippen LogP contribution in [0.1, 0.15) is 6.42 Å². The Morgan fingerprint density at radius 1 is 1.80 bits per heavy atom. The van der Waals surface area contributed by atoms with E-state index in [1.807, 2.05) is 0 Å². The van der Waals surface area contributed by atoms with Crippen molar-refractivity contribution in [3.8, 4) is 0 Å². The molecule has 0 amide bonds. The smallest absolute Gasteiger partial charge is 0.311 e. The second kappa shape index (κ2) is 2.84. The lowest BCUT2D eigenvalue weighted by atomic mass is 10.1. The molecule has 1 aliphatic rings. The summed E-state index contributed by atoms with van der Waals surface area (Å²) in [5.74, 6) is -0.706. The van der Waals surface area contributed by atoms with Gasteiger partial charge in [0.1, 0.15) is 0 Å². The molecule has 0 radical (unpaired) electrons. The van der Waals surface area contributed by atoms with Gasteiger partial charge in [-0.2, -0.15) is 0 Å². The van der Waals surface area contributed by atoms with Crippen LogP contribution in [0.5, 0.6) is 0 Å². The molecular weight excluding hydrogens is 132 g/mol. The summed E-state index contributed by atoms with van der Waals surface area (Å²) in [7, 11) is 1.33. The summed E-state index contributed by atoms with van der Waals surface area (Å²) in [6.45, 7) is 0. The molecule has 56 valence electrons. The Bertz CT molecular complexity index is 162. The highest BCUT2D eigenvalue weighted by Gasteiger charge is 2.28. The number of ether oxygens (including phenoxy) is 1. The van der Waals surface area contributed by atoms with Crippen LogP contribution in [-0.2, 0) is 9.53 Å². The minimum Gasteiger partial charge on any atom is -0.469 e. The van der Waals surface area contributed by atoms with Gasteiger partial charge >= 0.3 is 5.97 Å². The molecule has 3 nitrogen and oxygen atoms in total. The third-order valence-electron chi connectivity index (χ3n) is 1.64. The monoisotopic (exact) mass is 142 g/mol. The highest BCUT2D eigenvalue weighted by molar-refractivity contribution is 5.74. The van der Waals surface area contributed by atoms with Crippen LogP contribution in [0.25, 0.3) is 0 Å². The number of aliphatic hydroxyl groups excluding tert-OH is 1. The van der Waals surface area contributed by atoms with Gasteiger partial charge in [-0.3, -0.25) is 4.79 Å². The largest absolute Gasteiger partial charge is 0.469 e. The van der Waals surface area contributed by atoms with Crippen molar-refractivity contribution in [3.63, 3.8) is 0 Å². The van der Waals surface area contributed by atoms with Gasteiger partial charge in [0.15, 0.2) is 0 Å². The average molecular weight is 142 g/mol. The van der Waals surface area contributed by atoms with E-state index in [9.17, 15) is 4.79 Å². The van der Waals surface area contributed by atoms with Gasteiger partial charge in [-0.05, 0) is 6.42 Å². The number of aliphatic hydroxyl groups is 1. The zero-order valence-corrected chi connectivity index (χ0v) is 5.78. The molecule has 1 N–H and O–H groups in total. The lowest BCUT2D eigenvalue weighted by molar-refractivity contribution is -0.147. The number of esters is 1. The molecule has 1 aliphatic carbocycles. The van der Waals surface area contributed by atoms with Crippen molar-refractivity contribution in [1.82, 2.24) is 0 Å². The summed E-state index contributed by atoms with van der Waals surface area (Å²) >= 11 is 0. The highest BCUT2D eigenvalue weighted by Crippen LogP contribution is 2.19. The fourth-order valence-corrected chi connectivity index (χ4v) is 1.03. The van der Waals surface area contributed by atoms with E-state index in [1.54, 1.807) is 12.2 Å². The first-order valence-electron chi connectivity index (χ1n) is 3.18. The molecule has 0 aromatic carbocycles. The summed E-state index contributed by atoms with van der Waals surface area (Å²) in [6, 6.07) is 0. The van der Waals surface area contributed by atoms with E-state index in [0.717, 1.165) is 0 Å². The van der Waals surface area contributed by atoms with E-state index >= 15 is 0 Å². The van der Waals surface area contributed by atoms with Gasteiger partial charge in [-0.25, -0.2) is 0 Å². The lowest BCUT2D eigenvalue weighted by Crippen LogP contribution is -2.23. The molecule has 0 heterocycles. The Balaban J connectivity index is 2.51. The van der Waals surface area contributed by atoms with Gasteiger partial charge < -0.3 is 9.84 Å². The molecule has 0 bridgehead atoms. The van der Waals surface area contributed by atoms with Crippen LogP contribution in [0.2, 0.25) is 0 Å². The van der Waals surface area contributed by atoms with Crippen LogP contribution in [-0.4, -0.2) is 24.3 Å². The number of hydrogen-bond acceptors (Lipinski definition) is 3. The van der Waals surface area contributed by atoms with Crippen molar-refractivity contribution >= 4 is 5.97 Å². The predicted octanol–water partition coefficient (Wildman–Crippen LogP) is 0.0964. The maximum atomic E-state index is 10.8. The molecule has 0 spiro atoms. The van der Waals surface area contributed by atoms with Crippen molar-refractivity contribution in [2.24, 2.45) is 5.92 Å². The molecular formula is C7H10O3. The lowest BCUT2D eigenvalue weighted by Gasteiger charge is -2.10. The molecule has 0 saturated carbocycles. The van der Waals surface area contributed by atoms with Crippen LogP contribution in [0, 0.1) is 5.92 Å². The number of carbonyl (C=O) groups is 1. The Morgan fingerprint density at radius 2 is 2.50 bits per heavy atom. The SMILES string of the molecule is COC(=O)[C@H]1CC=C[C@@H]1O. The van der Waals surface area contributed by atoms with Crippen molar-refractivity contribution in [3.05, 3.63) is 12.2 Å². The first kappa shape index (κ1) is 7.28. The summed E-state index contributed by atoms with van der Waals surface area (Å²) in [6.07, 6.45) is 3.34. The molecule has 3 heteroatoms. The molecule has 0 aromatic heterocycles. The van der Waals surface area contributed by atoms with Gasteiger partial charge in [0, 0.05) is 0 Å². The van der Waals surface area contributed by atoms with Crippen LogP contribution < -0.4 is 0 Å². The maximum absolute atomic E-state index is 10.8. The molecule has 10 heavy (non-hydrogen) atoms. The van der Waals surface area contributed by atoms with Crippen molar-refractivity contribution in [2.75, 3.05) is 7.11 Å². The standard InChI is InChI=1S/C7H10O3/c1-10-7(9)5-3-2-4-6(5)8/h2,4-6,8H,3H2,1H3/t5-,6-/m0/s1. The highest BCUT2D eigenvalue weighted by atomic mass is 16.5. The van der Waals surface area contributed by atoms with Crippen molar-refractivity contribution in [1.29, 1.82) is 0 Å². The van der Waals surface area contributed by atoms with Crippen LogP contribution in [0.3, 0.4) is 0 Å². The Labute approximate surface area is 59.3 Å².